The average Bonchev–Trinajstić information content (AvgIpc) is 2.74. The number of fused-ring (bicyclic) bond motifs is 2. The van der Waals surface area contributed by atoms with Gasteiger partial charge in [0.2, 0.25) is 0 Å². The largest absolute Gasteiger partial charge is 0.497 e. The van der Waals surface area contributed by atoms with Crippen molar-refractivity contribution >= 4 is 27.6 Å². The standard InChI is InChI=1S/C23H20N2O4/c1-15-24-21-6-4-3-5-20(21)23(27)25(15)13-22(26)29-14-16-7-8-18-12-19(28-2)10-9-17(18)11-16/h3-12H,13-14H2,1-2H3. The molecule has 3 aromatic carbocycles. The van der Waals surface area contributed by atoms with E-state index in [2.05, 4.69) is 4.98 Å². The molecule has 29 heavy (non-hydrogen) atoms. The molecular weight excluding hydrogens is 368 g/mol. The zero-order valence-corrected chi connectivity index (χ0v) is 16.2. The predicted octanol–water partition coefficient (Wildman–Crippen LogP) is 3.61. The van der Waals surface area contributed by atoms with E-state index in [1.807, 2.05) is 42.5 Å². The summed E-state index contributed by atoms with van der Waals surface area (Å²) in [6.45, 7) is 1.67. The Bertz CT molecular complexity index is 1280. The lowest BCUT2D eigenvalue weighted by molar-refractivity contribution is -0.145. The van der Waals surface area contributed by atoms with Crippen molar-refractivity contribution in [3.63, 3.8) is 0 Å². The van der Waals surface area contributed by atoms with Crippen LogP contribution in [-0.4, -0.2) is 22.6 Å². The van der Waals surface area contributed by atoms with Gasteiger partial charge in [0, 0.05) is 0 Å². The first-order valence-electron chi connectivity index (χ1n) is 9.23. The molecule has 1 aromatic heterocycles. The number of rotatable bonds is 5. The summed E-state index contributed by atoms with van der Waals surface area (Å²) >= 11 is 0. The number of carbonyl (C=O) groups is 1. The van der Waals surface area contributed by atoms with Crippen LogP contribution in [-0.2, 0) is 22.7 Å². The highest BCUT2D eigenvalue weighted by Gasteiger charge is 2.12. The van der Waals surface area contributed by atoms with Crippen molar-refractivity contribution in [2.75, 3.05) is 7.11 Å². The smallest absolute Gasteiger partial charge is 0.326 e. The van der Waals surface area contributed by atoms with Crippen molar-refractivity contribution in [3.8, 4) is 5.75 Å². The molecule has 4 rings (SSSR count). The molecule has 4 aromatic rings. The number of hydrogen-bond donors (Lipinski definition) is 0. The van der Waals surface area contributed by atoms with Gasteiger partial charge in [0.05, 0.1) is 18.0 Å². The summed E-state index contributed by atoms with van der Waals surface area (Å²) < 4.78 is 12.0. The Hall–Kier alpha value is -3.67. The van der Waals surface area contributed by atoms with E-state index in [0.29, 0.717) is 16.7 Å². The molecule has 0 radical (unpaired) electrons. The van der Waals surface area contributed by atoms with E-state index in [4.69, 9.17) is 9.47 Å². The molecule has 0 saturated carbocycles. The number of benzene rings is 3. The van der Waals surface area contributed by atoms with Crippen LogP contribution in [0.1, 0.15) is 11.4 Å². The Balaban J connectivity index is 1.49. The third kappa shape index (κ3) is 3.82. The number of ether oxygens (including phenoxy) is 2. The number of para-hydroxylation sites is 1. The number of esters is 1. The van der Waals surface area contributed by atoms with Crippen LogP contribution in [0, 0.1) is 6.92 Å². The van der Waals surface area contributed by atoms with E-state index in [1.165, 1.54) is 4.57 Å². The second-order valence-corrected chi connectivity index (χ2v) is 6.78. The number of carbonyl (C=O) groups excluding carboxylic acids is 1. The molecule has 0 N–H and O–H groups in total. The Morgan fingerprint density at radius 1 is 1.03 bits per heavy atom. The molecule has 6 heteroatoms. The fourth-order valence-electron chi connectivity index (χ4n) is 3.29. The third-order valence-electron chi connectivity index (χ3n) is 4.85. The molecular formula is C23H20N2O4. The fourth-order valence-corrected chi connectivity index (χ4v) is 3.29. The molecule has 0 spiro atoms. The Morgan fingerprint density at radius 2 is 1.79 bits per heavy atom. The Labute approximate surface area is 167 Å². The van der Waals surface area contributed by atoms with Gasteiger partial charge in [-0.1, -0.05) is 30.3 Å². The van der Waals surface area contributed by atoms with Crippen molar-refractivity contribution in [2.24, 2.45) is 0 Å². The van der Waals surface area contributed by atoms with Gasteiger partial charge in [-0.3, -0.25) is 14.2 Å². The summed E-state index contributed by atoms with van der Waals surface area (Å²) in [6, 6.07) is 18.7. The fraction of sp³-hybridized carbons (Fsp3) is 0.174. The third-order valence-corrected chi connectivity index (χ3v) is 4.85. The second kappa shape index (κ2) is 7.75. The number of hydrogen-bond acceptors (Lipinski definition) is 5. The molecule has 1 heterocycles. The second-order valence-electron chi connectivity index (χ2n) is 6.78. The minimum Gasteiger partial charge on any atom is -0.497 e. The molecule has 6 nitrogen and oxygen atoms in total. The van der Waals surface area contributed by atoms with Crippen molar-refractivity contribution in [3.05, 3.63) is 82.4 Å². The molecule has 0 unspecified atom stereocenters. The summed E-state index contributed by atoms with van der Waals surface area (Å²) in [5.74, 6) is 0.786. The van der Waals surface area contributed by atoms with E-state index < -0.39 is 5.97 Å². The molecule has 146 valence electrons. The minimum atomic E-state index is -0.484. The number of nitrogens with zero attached hydrogens (tertiary/aromatic N) is 2. The molecule has 0 aliphatic rings. The van der Waals surface area contributed by atoms with Gasteiger partial charge in [0.15, 0.2) is 0 Å². The topological polar surface area (TPSA) is 70.4 Å². The lowest BCUT2D eigenvalue weighted by Gasteiger charge is -2.11. The van der Waals surface area contributed by atoms with Gasteiger partial charge < -0.3 is 9.47 Å². The van der Waals surface area contributed by atoms with Crippen LogP contribution in [0.2, 0.25) is 0 Å². The molecule has 0 atom stereocenters. The van der Waals surface area contributed by atoms with Crippen molar-refractivity contribution in [2.45, 2.75) is 20.1 Å². The zero-order valence-electron chi connectivity index (χ0n) is 16.2. The highest BCUT2D eigenvalue weighted by Crippen LogP contribution is 2.22. The van der Waals surface area contributed by atoms with E-state index in [9.17, 15) is 9.59 Å². The normalized spacial score (nSPS) is 11.0. The van der Waals surface area contributed by atoms with E-state index in [0.717, 1.165) is 22.1 Å². The van der Waals surface area contributed by atoms with Crippen LogP contribution in [0.25, 0.3) is 21.7 Å². The average molecular weight is 388 g/mol. The van der Waals surface area contributed by atoms with Gasteiger partial charge in [0.1, 0.15) is 24.7 Å². The van der Waals surface area contributed by atoms with Gasteiger partial charge in [-0.05, 0) is 53.6 Å². The maximum atomic E-state index is 12.7. The van der Waals surface area contributed by atoms with Gasteiger partial charge in [-0.25, -0.2) is 4.98 Å². The van der Waals surface area contributed by atoms with Crippen molar-refractivity contribution < 1.29 is 14.3 Å². The Kier molecular flexibility index (Phi) is 4.99. The molecule has 0 aliphatic carbocycles. The minimum absolute atomic E-state index is 0.135. The summed E-state index contributed by atoms with van der Waals surface area (Å²) in [4.78, 5) is 29.4. The van der Waals surface area contributed by atoms with Crippen LogP contribution >= 0.6 is 0 Å². The monoisotopic (exact) mass is 388 g/mol. The maximum absolute atomic E-state index is 12.7. The van der Waals surface area contributed by atoms with Gasteiger partial charge in [0.25, 0.3) is 5.56 Å². The zero-order chi connectivity index (χ0) is 20.4. The van der Waals surface area contributed by atoms with Crippen LogP contribution < -0.4 is 10.3 Å². The van der Waals surface area contributed by atoms with Gasteiger partial charge in [-0.2, -0.15) is 0 Å². The quantitative estimate of drug-likeness (QED) is 0.489. The SMILES string of the molecule is COc1ccc2cc(COC(=O)Cn3c(C)nc4ccccc4c3=O)ccc2c1. The Morgan fingerprint density at radius 3 is 2.62 bits per heavy atom. The first-order chi connectivity index (χ1) is 14.0. The molecule has 0 bridgehead atoms. The first kappa shape index (κ1) is 18.7. The van der Waals surface area contributed by atoms with Crippen LogP contribution in [0.4, 0.5) is 0 Å². The first-order valence-corrected chi connectivity index (χ1v) is 9.23. The number of aryl methyl sites for hydroxylation is 1. The van der Waals surface area contributed by atoms with Crippen LogP contribution in [0.15, 0.2) is 65.5 Å². The molecule has 0 amide bonds. The maximum Gasteiger partial charge on any atom is 0.326 e. The molecule has 0 aliphatic heterocycles. The molecule has 0 saturated heterocycles. The highest BCUT2D eigenvalue weighted by molar-refractivity contribution is 5.84. The molecule has 0 fully saturated rings. The summed E-state index contributed by atoms with van der Waals surface area (Å²) in [6.07, 6.45) is 0. The summed E-state index contributed by atoms with van der Waals surface area (Å²) in [5.41, 5.74) is 1.24. The highest BCUT2D eigenvalue weighted by atomic mass is 16.5. The summed E-state index contributed by atoms with van der Waals surface area (Å²) in [7, 11) is 1.63. The van der Waals surface area contributed by atoms with E-state index >= 15 is 0 Å². The number of aromatic nitrogens is 2. The van der Waals surface area contributed by atoms with E-state index in [-0.39, 0.29) is 18.7 Å². The van der Waals surface area contributed by atoms with Crippen molar-refractivity contribution in [1.29, 1.82) is 0 Å². The van der Waals surface area contributed by atoms with Gasteiger partial charge >= 0.3 is 5.97 Å². The number of methoxy groups -OCH3 is 1. The lowest BCUT2D eigenvalue weighted by Crippen LogP contribution is -2.28. The van der Waals surface area contributed by atoms with Crippen LogP contribution in [0.3, 0.4) is 0 Å². The van der Waals surface area contributed by atoms with Crippen LogP contribution in [0.5, 0.6) is 5.75 Å². The van der Waals surface area contributed by atoms with E-state index in [1.54, 1.807) is 32.2 Å². The van der Waals surface area contributed by atoms with Crippen molar-refractivity contribution in [1.82, 2.24) is 9.55 Å². The lowest BCUT2D eigenvalue weighted by atomic mass is 10.1. The van der Waals surface area contributed by atoms with Gasteiger partial charge in [-0.15, -0.1) is 0 Å². The predicted molar refractivity (Wildman–Crippen MR) is 111 cm³/mol. The summed E-state index contributed by atoms with van der Waals surface area (Å²) in [5, 5.41) is 2.56.